The van der Waals surface area contributed by atoms with Gasteiger partial charge in [-0.1, -0.05) is 48.5 Å². The van der Waals surface area contributed by atoms with Crippen molar-refractivity contribution in [3.8, 4) is 11.1 Å². The maximum Gasteiger partial charge on any atom is 0.407 e. The zero-order valence-electron chi connectivity index (χ0n) is 17.2. The van der Waals surface area contributed by atoms with Crippen molar-refractivity contribution in [2.75, 3.05) is 52.8 Å². The van der Waals surface area contributed by atoms with Crippen LogP contribution in [-0.2, 0) is 23.7 Å². The minimum Gasteiger partial charge on any atom is -0.548 e. The smallest absolute Gasteiger partial charge is 0.407 e. The first-order chi connectivity index (χ1) is 15.2. The summed E-state index contributed by atoms with van der Waals surface area (Å²) in [7, 11) is 0. The summed E-state index contributed by atoms with van der Waals surface area (Å²) in [6.45, 7) is 1.63. The fraction of sp³-hybridized carbons (Fsp3) is 0.391. The fourth-order valence-corrected chi connectivity index (χ4v) is 3.47. The van der Waals surface area contributed by atoms with Gasteiger partial charge in [-0.2, -0.15) is 0 Å². The average molecular weight is 428 g/mol. The molecule has 0 heterocycles. The minimum atomic E-state index is -1.26. The topological polar surface area (TPSA) is 106 Å². The molecule has 0 bridgehead atoms. The lowest BCUT2D eigenvalue weighted by Gasteiger charge is -2.14. The summed E-state index contributed by atoms with van der Waals surface area (Å²) in [4.78, 5) is 22.2. The number of ether oxygens (including phenoxy) is 4. The molecule has 31 heavy (non-hydrogen) atoms. The molecule has 2 aromatic carbocycles. The van der Waals surface area contributed by atoms with Crippen molar-refractivity contribution in [1.29, 1.82) is 0 Å². The first-order valence-electron chi connectivity index (χ1n) is 10.2. The Labute approximate surface area is 181 Å². The second-order valence-corrected chi connectivity index (χ2v) is 6.90. The van der Waals surface area contributed by atoms with Gasteiger partial charge in [-0.25, -0.2) is 4.79 Å². The van der Waals surface area contributed by atoms with Crippen molar-refractivity contribution in [1.82, 2.24) is 5.32 Å². The van der Waals surface area contributed by atoms with E-state index < -0.39 is 18.7 Å². The highest BCUT2D eigenvalue weighted by molar-refractivity contribution is 5.79. The zero-order valence-corrected chi connectivity index (χ0v) is 17.2. The van der Waals surface area contributed by atoms with Crippen LogP contribution in [-0.4, -0.2) is 64.9 Å². The molecular formula is C23H26NO7-. The van der Waals surface area contributed by atoms with Gasteiger partial charge in [0.2, 0.25) is 0 Å². The molecular weight excluding hydrogens is 402 g/mol. The molecule has 0 atom stereocenters. The lowest BCUT2D eigenvalue weighted by molar-refractivity contribution is -0.309. The van der Waals surface area contributed by atoms with Crippen molar-refractivity contribution in [3.05, 3.63) is 59.7 Å². The molecule has 2 aromatic rings. The molecule has 1 N–H and O–H groups in total. The zero-order chi connectivity index (χ0) is 21.9. The standard InChI is InChI=1S/C23H27NO7/c25-22(26)16-30-14-13-29-12-11-28-10-9-24-23(27)31-15-21-19-7-3-1-5-17(19)18-6-2-4-8-20(18)21/h1-8,21H,9-16H2,(H,24,27)(H,25,26)/p-1. The number of alkyl carbamates (subject to hydrolysis) is 1. The molecule has 0 aromatic heterocycles. The third-order valence-corrected chi connectivity index (χ3v) is 4.82. The largest absolute Gasteiger partial charge is 0.548 e. The van der Waals surface area contributed by atoms with Gasteiger partial charge in [0.25, 0.3) is 0 Å². The predicted molar refractivity (Wildman–Crippen MR) is 111 cm³/mol. The van der Waals surface area contributed by atoms with Crippen molar-refractivity contribution in [2.24, 2.45) is 0 Å². The highest BCUT2D eigenvalue weighted by atomic mass is 16.6. The second-order valence-electron chi connectivity index (χ2n) is 6.90. The molecule has 1 amide bonds. The number of carboxylic acids is 1. The maximum absolute atomic E-state index is 12.0. The molecule has 8 heteroatoms. The molecule has 166 valence electrons. The third kappa shape index (κ3) is 6.78. The lowest BCUT2D eigenvalue weighted by Crippen LogP contribution is -2.29. The van der Waals surface area contributed by atoms with Crippen molar-refractivity contribution in [2.45, 2.75) is 5.92 Å². The number of hydrogen-bond donors (Lipinski definition) is 1. The second kappa shape index (κ2) is 12.0. The number of hydrogen-bond acceptors (Lipinski definition) is 7. The van der Waals surface area contributed by atoms with Gasteiger partial charge >= 0.3 is 6.09 Å². The average Bonchev–Trinajstić information content (AvgIpc) is 3.09. The molecule has 0 aliphatic heterocycles. The minimum absolute atomic E-state index is 0.0299. The summed E-state index contributed by atoms with van der Waals surface area (Å²) < 4.78 is 20.8. The fourth-order valence-electron chi connectivity index (χ4n) is 3.47. The van der Waals surface area contributed by atoms with E-state index in [1.165, 1.54) is 22.3 Å². The van der Waals surface area contributed by atoms with Crippen molar-refractivity contribution < 1.29 is 33.6 Å². The number of benzene rings is 2. The van der Waals surface area contributed by atoms with Crippen LogP contribution >= 0.6 is 0 Å². The first kappa shape index (κ1) is 22.7. The summed E-state index contributed by atoms with van der Waals surface area (Å²) >= 11 is 0. The van der Waals surface area contributed by atoms with Gasteiger partial charge in [0.05, 0.1) is 45.6 Å². The molecule has 3 rings (SSSR count). The lowest BCUT2D eigenvalue weighted by atomic mass is 9.98. The van der Waals surface area contributed by atoms with E-state index in [1.54, 1.807) is 0 Å². The Morgan fingerprint density at radius 3 is 1.97 bits per heavy atom. The highest BCUT2D eigenvalue weighted by Gasteiger charge is 2.28. The Hall–Kier alpha value is -2.94. The van der Waals surface area contributed by atoms with Crippen molar-refractivity contribution >= 4 is 12.1 Å². The van der Waals surface area contributed by atoms with Gasteiger partial charge in [-0.15, -0.1) is 0 Å². The number of nitrogens with one attached hydrogen (secondary N) is 1. The molecule has 0 spiro atoms. The number of carboxylic acid groups (broad SMARTS) is 1. The summed E-state index contributed by atoms with van der Waals surface area (Å²) in [6.07, 6.45) is -0.480. The number of amides is 1. The number of aliphatic carboxylic acids is 1. The van der Waals surface area contributed by atoms with E-state index in [0.717, 1.165) is 0 Å². The van der Waals surface area contributed by atoms with Crippen LogP contribution in [0.4, 0.5) is 4.79 Å². The predicted octanol–water partition coefficient (Wildman–Crippen LogP) is 1.32. The summed E-state index contributed by atoms with van der Waals surface area (Å²) in [5.41, 5.74) is 4.72. The summed E-state index contributed by atoms with van der Waals surface area (Å²) in [6, 6.07) is 16.4. The van der Waals surface area contributed by atoms with E-state index in [9.17, 15) is 14.7 Å². The molecule has 0 radical (unpaired) electrons. The quantitative estimate of drug-likeness (QED) is 0.480. The van der Waals surface area contributed by atoms with Gasteiger partial charge in [-0.05, 0) is 22.3 Å². The van der Waals surface area contributed by atoms with E-state index in [4.69, 9.17) is 18.9 Å². The number of carbonyl (C=O) groups excluding carboxylic acids is 2. The monoisotopic (exact) mass is 428 g/mol. The highest BCUT2D eigenvalue weighted by Crippen LogP contribution is 2.44. The van der Waals surface area contributed by atoms with Gasteiger partial charge in [0, 0.05) is 12.5 Å². The Bertz CT molecular complexity index is 825. The molecule has 1 aliphatic rings. The number of carbonyl (C=O) groups is 2. The Morgan fingerprint density at radius 2 is 1.35 bits per heavy atom. The maximum atomic E-state index is 12.0. The van der Waals surface area contributed by atoms with Crippen LogP contribution in [0.15, 0.2) is 48.5 Å². The van der Waals surface area contributed by atoms with E-state index >= 15 is 0 Å². The summed E-state index contributed by atoms with van der Waals surface area (Å²) in [5, 5.41) is 12.8. The van der Waals surface area contributed by atoms with Gasteiger partial charge < -0.3 is 34.2 Å². The first-order valence-corrected chi connectivity index (χ1v) is 10.2. The number of rotatable bonds is 13. The number of fused-ring (bicyclic) bond motifs is 3. The Morgan fingerprint density at radius 1 is 0.806 bits per heavy atom. The van der Waals surface area contributed by atoms with Gasteiger partial charge in [0.15, 0.2) is 0 Å². The Balaban J connectivity index is 1.27. The summed E-state index contributed by atoms with van der Waals surface area (Å²) in [5.74, 6) is -1.23. The van der Waals surface area contributed by atoms with Crippen LogP contribution in [0.1, 0.15) is 17.0 Å². The van der Waals surface area contributed by atoms with Crippen LogP contribution in [0.5, 0.6) is 0 Å². The van der Waals surface area contributed by atoms with Crippen LogP contribution in [0.25, 0.3) is 11.1 Å². The van der Waals surface area contributed by atoms with Crippen molar-refractivity contribution in [3.63, 3.8) is 0 Å². The third-order valence-electron chi connectivity index (χ3n) is 4.82. The van der Waals surface area contributed by atoms with Gasteiger partial charge in [-0.3, -0.25) is 0 Å². The normalized spacial score (nSPS) is 12.3. The van der Waals surface area contributed by atoms with Gasteiger partial charge in [0.1, 0.15) is 6.61 Å². The Kier molecular flexibility index (Phi) is 8.84. The van der Waals surface area contributed by atoms with Crippen LogP contribution in [0.3, 0.4) is 0 Å². The molecule has 0 unspecified atom stereocenters. The molecule has 8 nitrogen and oxygen atoms in total. The van der Waals surface area contributed by atoms with Crippen LogP contribution in [0, 0.1) is 0 Å². The SMILES string of the molecule is O=C([O-])COCCOCCOCCNC(=O)OCC1c2ccccc2-c2ccccc21. The van der Waals surface area contributed by atoms with E-state index in [-0.39, 0.29) is 25.7 Å². The van der Waals surface area contributed by atoms with E-state index in [2.05, 4.69) is 29.6 Å². The molecule has 0 saturated heterocycles. The molecule has 0 saturated carbocycles. The molecule has 0 fully saturated rings. The van der Waals surface area contributed by atoms with E-state index in [1.807, 2.05) is 24.3 Å². The van der Waals surface area contributed by atoms with Crippen LogP contribution < -0.4 is 10.4 Å². The molecule has 1 aliphatic carbocycles. The van der Waals surface area contributed by atoms with Crippen LogP contribution in [0.2, 0.25) is 0 Å². The van der Waals surface area contributed by atoms with E-state index in [0.29, 0.717) is 26.4 Å².